The highest BCUT2D eigenvalue weighted by Gasteiger charge is 2.11. The Morgan fingerprint density at radius 1 is 1.11 bits per heavy atom. The van der Waals surface area contributed by atoms with Crippen LogP contribution < -0.4 is 10.0 Å². The highest BCUT2D eigenvalue weighted by molar-refractivity contribution is 7.88. The number of nitrogens with one attached hydrogen (secondary N) is 2. The molecule has 0 radical (unpaired) electrons. The average Bonchev–Trinajstić information content (AvgIpc) is 3.05. The molecule has 3 aromatic rings. The molecule has 0 aliphatic carbocycles. The maximum atomic E-state index is 12.1. The van der Waals surface area contributed by atoms with E-state index in [1.807, 2.05) is 13.0 Å². The first-order valence-electron chi connectivity index (χ1n) is 8.23. The van der Waals surface area contributed by atoms with Gasteiger partial charge < -0.3 is 5.32 Å². The van der Waals surface area contributed by atoms with Crippen molar-refractivity contribution >= 4 is 27.4 Å². The molecular weight excluding hydrogens is 388 g/mol. The molecule has 0 saturated carbocycles. The lowest BCUT2D eigenvalue weighted by Gasteiger charge is -2.09. The van der Waals surface area contributed by atoms with Crippen LogP contribution in [0.15, 0.2) is 48.7 Å². The largest absolute Gasteiger partial charge is 0.367 e. The third kappa shape index (κ3) is 5.75. The molecule has 2 heterocycles. The summed E-state index contributed by atoms with van der Waals surface area (Å²) in [5, 5.41) is 15.9. The highest BCUT2D eigenvalue weighted by Crippen LogP contribution is 2.12. The molecule has 10 heteroatoms. The lowest BCUT2D eigenvalue weighted by molar-refractivity contribution is 0.582. The van der Waals surface area contributed by atoms with E-state index in [1.54, 1.807) is 47.3 Å². The van der Waals surface area contributed by atoms with Gasteiger partial charge in [-0.15, -0.1) is 10.2 Å². The molecule has 3 rings (SSSR count). The smallest absolute Gasteiger partial charge is 0.215 e. The van der Waals surface area contributed by atoms with Gasteiger partial charge in [0.15, 0.2) is 5.82 Å². The quantitative estimate of drug-likeness (QED) is 0.556. The summed E-state index contributed by atoms with van der Waals surface area (Å²) in [6, 6.07) is 12.2. The second kappa shape index (κ2) is 8.47. The van der Waals surface area contributed by atoms with Crippen molar-refractivity contribution in [1.29, 1.82) is 0 Å². The Bertz CT molecular complexity index is 1000. The van der Waals surface area contributed by atoms with E-state index in [1.165, 1.54) is 0 Å². The van der Waals surface area contributed by atoms with Crippen LogP contribution in [-0.2, 0) is 15.8 Å². The van der Waals surface area contributed by atoms with Crippen LogP contribution >= 0.6 is 11.6 Å². The summed E-state index contributed by atoms with van der Waals surface area (Å²) >= 11 is 5.88. The number of benzene rings is 1. The zero-order valence-electron chi connectivity index (χ0n) is 14.6. The number of halogens is 1. The van der Waals surface area contributed by atoms with E-state index >= 15 is 0 Å². The minimum atomic E-state index is -3.44. The van der Waals surface area contributed by atoms with Crippen molar-refractivity contribution in [2.24, 2.45) is 0 Å². The van der Waals surface area contributed by atoms with Crippen LogP contribution in [0.25, 0.3) is 5.82 Å². The molecule has 0 unspecified atom stereocenters. The topological polar surface area (TPSA) is 102 Å². The molecule has 8 nitrogen and oxygen atoms in total. The van der Waals surface area contributed by atoms with Crippen molar-refractivity contribution < 1.29 is 8.42 Å². The molecule has 0 saturated heterocycles. The first-order valence-corrected chi connectivity index (χ1v) is 10.3. The summed E-state index contributed by atoms with van der Waals surface area (Å²) in [5.41, 5.74) is 1.53. The zero-order valence-corrected chi connectivity index (χ0v) is 16.2. The lowest BCUT2D eigenvalue weighted by atomic mass is 10.2. The molecule has 0 aliphatic heterocycles. The van der Waals surface area contributed by atoms with Gasteiger partial charge >= 0.3 is 0 Å². The van der Waals surface area contributed by atoms with Crippen molar-refractivity contribution in [3.8, 4) is 5.82 Å². The van der Waals surface area contributed by atoms with Gasteiger partial charge in [0.05, 0.1) is 11.4 Å². The summed E-state index contributed by atoms with van der Waals surface area (Å²) in [6.07, 6.45) is 1.81. The van der Waals surface area contributed by atoms with Crippen LogP contribution in [-0.4, -0.2) is 41.5 Å². The molecule has 2 N–H and O–H groups in total. The molecular formula is C17H19ClN6O2S. The Kier molecular flexibility index (Phi) is 6.04. The standard InChI is InChI=1S/C17H19ClN6O2S/c1-13-7-10-24(23-13)17-6-5-16(21-22-17)19-8-9-20-27(25,26)12-14-3-2-4-15(18)11-14/h2-7,10-11,20H,8-9,12H2,1H3,(H,19,21). The Balaban J connectivity index is 1.46. The van der Waals surface area contributed by atoms with E-state index in [-0.39, 0.29) is 12.3 Å². The molecule has 0 spiro atoms. The van der Waals surface area contributed by atoms with E-state index in [9.17, 15) is 8.42 Å². The molecule has 0 atom stereocenters. The number of nitrogens with zero attached hydrogens (tertiary/aromatic N) is 4. The molecule has 0 aliphatic rings. The average molecular weight is 407 g/mol. The third-order valence-electron chi connectivity index (χ3n) is 3.61. The molecule has 0 amide bonds. The van der Waals surface area contributed by atoms with Crippen molar-refractivity contribution in [2.45, 2.75) is 12.7 Å². The van der Waals surface area contributed by atoms with Crippen LogP contribution in [0.5, 0.6) is 0 Å². The molecule has 0 bridgehead atoms. The van der Waals surface area contributed by atoms with E-state index < -0.39 is 10.0 Å². The van der Waals surface area contributed by atoms with E-state index in [0.29, 0.717) is 28.8 Å². The number of rotatable bonds is 8. The van der Waals surface area contributed by atoms with E-state index in [0.717, 1.165) is 5.69 Å². The van der Waals surface area contributed by atoms with Crippen LogP contribution in [0, 0.1) is 6.92 Å². The second-order valence-corrected chi connectivity index (χ2v) is 8.13. The molecule has 1 aromatic carbocycles. The summed E-state index contributed by atoms with van der Waals surface area (Å²) in [5.74, 6) is 1.04. The first-order chi connectivity index (χ1) is 12.9. The minimum absolute atomic E-state index is 0.120. The Hall–Kier alpha value is -2.49. The normalized spacial score (nSPS) is 11.5. The van der Waals surface area contributed by atoms with Gasteiger partial charge in [0.25, 0.3) is 0 Å². The lowest BCUT2D eigenvalue weighted by Crippen LogP contribution is -2.30. The predicted molar refractivity (Wildman–Crippen MR) is 104 cm³/mol. The Morgan fingerprint density at radius 3 is 2.63 bits per heavy atom. The fourth-order valence-electron chi connectivity index (χ4n) is 2.38. The first kappa shape index (κ1) is 19.3. The molecule has 0 fully saturated rings. The van der Waals surface area contributed by atoms with Gasteiger partial charge in [-0.2, -0.15) is 5.10 Å². The third-order valence-corrected chi connectivity index (χ3v) is 5.20. The Labute approximate surface area is 162 Å². The number of sulfonamides is 1. The second-order valence-electron chi connectivity index (χ2n) is 5.89. The van der Waals surface area contributed by atoms with E-state index in [4.69, 9.17) is 11.6 Å². The fourth-order valence-corrected chi connectivity index (χ4v) is 3.73. The van der Waals surface area contributed by atoms with Gasteiger partial charge in [-0.25, -0.2) is 17.8 Å². The van der Waals surface area contributed by atoms with Gasteiger partial charge in [0.1, 0.15) is 5.82 Å². The summed E-state index contributed by atoms with van der Waals surface area (Å²) in [7, 11) is -3.44. The van der Waals surface area contributed by atoms with Crippen molar-refractivity contribution in [3.05, 3.63) is 64.9 Å². The van der Waals surface area contributed by atoms with Gasteiger partial charge in [-0.1, -0.05) is 23.7 Å². The molecule has 142 valence electrons. The van der Waals surface area contributed by atoms with Crippen LogP contribution in [0.3, 0.4) is 0 Å². The number of anilines is 1. The number of hydrogen-bond donors (Lipinski definition) is 2. The Morgan fingerprint density at radius 2 is 1.96 bits per heavy atom. The number of aromatic nitrogens is 4. The zero-order chi connectivity index (χ0) is 19.3. The van der Waals surface area contributed by atoms with Gasteiger partial charge in [-0.3, -0.25) is 0 Å². The van der Waals surface area contributed by atoms with Gasteiger partial charge in [0, 0.05) is 24.3 Å². The van der Waals surface area contributed by atoms with Gasteiger partial charge in [0.2, 0.25) is 10.0 Å². The molecule has 27 heavy (non-hydrogen) atoms. The van der Waals surface area contributed by atoms with Crippen molar-refractivity contribution in [3.63, 3.8) is 0 Å². The summed E-state index contributed by atoms with van der Waals surface area (Å²) < 4.78 is 28.4. The van der Waals surface area contributed by atoms with Crippen LogP contribution in [0.1, 0.15) is 11.3 Å². The predicted octanol–water partition coefficient (Wildman–Crippen LogP) is 2.16. The van der Waals surface area contributed by atoms with E-state index in [2.05, 4.69) is 25.3 Å². The molecule has 2 aromatic heterocycles. The number of aryl methyl sites for hydroxylation is 1. The number of hydrogen-bond acceptors (Lipinski definition) is 6. The maximum absolute atomic E-state index is 12.1. The highest BCUT2D eigenvalue weighted by atomic mass is 35.5. The minimum Gasteiger partial charge on any atom is -0.367 e. The van der Waals surface area contributed by atoms with Gasteiger partial charge in [-0.05, 0) is 42.8 Å². The summed E-state index contributed by atoms with van der Waals surface area (Å²) in [6.45, 7) is 2.50. The SMILES string of the molecule is Cc1ccn(-c2ccc(NCCNS(=O)(=O)Cc3cccc(Cl)c3)nn2)n1. The van der Waals surface area contributed by atoms with Crippen molar-refractivity contribution in [2.75, 3.05) is 18.4 Å². The summed E-state index contributed by atoms with van der Waals surface area (Å²) in [4.78, 5) is 0. The fraction of sp³-hybridized carbons (Fsp3) is 0.235. The van der Waals surface area contributed by atoms with Crippen LogP contribution in [0.4, 0.5) is 5.82 Å². The monoisotopic (exact) mass is 406 g/mol. The van der Waals surface area contributed by atoms with Crippen LogP contribution in [0.2, 0.25) is 5.02 Å². The van der Waals surface area contributed by atoms with Crippen molar-refractivity contribution in [1.82, 2.24) is 24.7 Å². The maximum Gasteiger partial charge on any atom is 0.215 e.